The normalized spacial score (nSPS) is 23.0. The van der Waals surface area contributed by atoms with E-state index in [9.17, 15) is 0 Å². The Kier molecular flexibility index (Phi) is 4.81. The van der Waals surface area contributed by atoms with Gasteiger partial charge in [0.25, 0.3) is 0 Å². The molecule has 152 valence electrons. The van der Waals surface area contributed by atoms with Crippen molar-refractivity contribution in [3.05, 3.63) is 36.7 Å². The van der Waals surface area contributed by atoms with Crippen molar-refractivity contribution >= 4 is 22.8 Å². The van der Waals surface area contributed by atoms with Crippen LogP contribution in [0.25, 0.3) is 16.9 Å². The standard InChI is InChI=1S/C21H26N6O2/c1-15-16(2)29-12-9-26(15)21-23-19(25-7-10-28-11-8-25)13-20(24-21)27-14-22-17-5-3-4-6-18(17)27/h3-6,13-16H,7-12H2,1-2H3/t15-,16+/m0/s1. The quantitative estimate of drug-likeness (QED) is 0.675. The molecule has 2 saturated heterocycles. The van der Waals surface area contributed by atoms with E-state index in [0.717, 1.165) is 48.3 Å². The fraction of sp³-hybridized carbons (Fsp3) is 0.476. The molecule has 0 amide bonds. The second-order valence-electron chi connectivity index (χ2n) is 7.60. The molecule has 2 atom stereocenters. The highest BCUT2D eigenvalue weighted by molar-refractivity contribution is 5.77. The highest BCUT2D eigenvalue weighted by Gasteiger charge is 2.29. The number of benzene rings is 1. The van der Waals surface area contributed by atoms with Gasteiger partial charge in [-0.15, -0.1) is 0 Å². The number of rotatable bonds is 3. The van der Waals surface area contributed by atoms with E-state index in [1.807, 2.05) is 29.1 Å². The molecule has 0 bridgehead atoms. The van der Waals surface area contributed by atoms with Gasteiger partial charge in [0.1, 0.15) is 18.0 Å². The Morgan fingerprint density at radius 2 is 1.76 bits per heavy atom. The molecule has 2 aromatic heterocycles. The van der Waals surface area contributed by atoms with E-state index in [1.54, 1.807) is 0 Å². The lowest BCUT2D eigenvalue weighted by Gasteiger charge is -2.38. The van der Waals surface area contributed by atoms with Crippen LogP contribution in [0.2, 0.25) is 0 Å². The molecule has 3 aromatic rings. The molecule has 0 unspecified atom stereocenters. The summed E-state index contributed by atoms with van der Waals surface area (Å²) in [7, 11) is 0. The van der Waals surface area contributed by atoms with Gasteiger partial charge in [0.15, 0.2) is 0 Å². The largest absolute Gasteiger partial charge is 0.378 e. The molecule has 0 radical (unpaired) electrons. The molecule has 0 saturated carbocycles. The molecule has 0 spiro atoms. The number of hydrogen-bond donors (Lipinski definition) is 0. The maximum atomic E-state index is 5.81. The smallest absolute Gasteiger partial charge is 0.229 e. The van der Waals surface area contributed by atoms with Crippen molar-refractivity contribution in [3.8, 4) is 5.82 Å². The summed E-state index contributed by atoms with van der Waals surface area (Å²) in [5.74, 6) is 2.50. The van der Waals surface area contributed by atoms with Crippen molar-refractivity contribution in [2.75, 3.05) is 49.3 Å². The molecule has 0 aliphatic carbocycles. The molecule has 1 aromatic carbocycles. The van der Waals surface area contributed by atoms with Crippen LogP contribution >= 0.6 is 0 Å². The second-order valence-corrected chi connectivity index (χ2v) is 7.60. The van der Waals surface area contributed by atoms with Gasteiger partial charge in [-0.3, -0.25) is 4.57 Å². The fourth-order valence-corrected chi connectivity index (χ4v) is 3.97. The Balaban J connectivity index is 1.62. The number of ether oxygens (including phenoxy) is 2. The highest BCUT2D eigenvalue weighted by atomic mass is 16.5. The molecule has 2 aliphatic heterocycles. The lowest BCUT2D eigenvalue weighted by atomic mass is 10.1. The predicted molar refractivity (Wildman–Crippen MR) is 112 cm³/mol. The first-order chi connectivity index (χ1) is 14.2. The molecule has 2 fully saturated rings. The summed E-state index contributed by atoms with van der Waals surface area (Å²) in [6.07, 6.45) is 1.97. The number of aromatic nitrogens is 4. The van der Waals surface area contributed by atoms with Crippen molar-refractivity contribution in [3.63, 3.8) is 0 Å². The maximum absolute atomic E-state index is 5.81. The van der Waals surface area contributed by atoms with Gasteiger partial charge in [0.2, 0.25) is 5.95 Å². The maximum Gasteiger partial charge on any atom is 0.229 e. The Bertz CT molecular complexity index is 1000. The third-order valence-electron chi connectivity index (χ3n) is 5.86. The number of nitrogens with zero attached hydrogens (tertiary/aromatic N) is 6. The summed E-state index contributed by atoms with van der Waals surface area (Å²) in [5.41, 5.74) is 1.99. The van der Waals surface area contributed by atoms with E-state index in [0.29, 0.717) is 19.8 Å². The van der Waals surface area contributed by atoms with Crippen molar-refractivity contribution in [1.29, 1.82) is 0 Å². The lowest BCUT2D eigenvalue weighted by Crippen LogP contribution is -2.49. The van der Waals surface area contributed by atoms with E-state index in [4.69, 9.17) is 19.4 Å². The fourth-order valence-electron chi connectivity index (χ4n) is 3.97. The summed E-state index contributed by atoms with van der Waals surface area (Å²) in [5, 5.41) is 0. The van der Waals surface area contributed by atoms with Crippen LogP contribution in [-0.2, 0) is 9.47 Å². The molecular formula is C21H26N6O2. The highest BCUT2D eigenvalue weighted by Crippen LogP contribution is 2.26. The van der Waals surface area contributed by atoms with E-state index in [-0.39, 0.29) is 12.1 Å². The summed E-state index contributed by atoms with van der Waals surface area (Å²) in [6.45, 7) is 8.82. The van der Waals surface area contributed by atoms with Crippen LogP contribution < -0.4 is 9.80 Å². The monoisotopic (exact) mass is 394 g/mol. The average Bonchev–Trinajstić information content (AvgIpc) is 3.20. The van der Waals surface area contributed by atoms with Gasteiger partial charge in [-0.1, -0.05) is 12.1 Å². The number of imidazole rings is 1. The number of hydrogen-bond acceptors (Lipinski definition) is 7. The zero-order chi connectivity index (χ0) is 19.8. The number of para-hydroxylation sites is 2. The molecule has 0 N–H and O–H groups in total. The third kappa shape index (κ3) is 3.42. The topological polar surface area (TPSA) is 68.5 Å². The molecule has 29 heavy (non-hydrogen) atoms. The van der Waals surface area contributed by atoms with Gasteiger partial charge in [-0.25, -0.2) is 4.98 Å². The Morgan fingerprint density at radius 1 is 0.966 bits per heavy atom. The predicted octanol–water partition coefficient (Wildman–Crippen LogP) is 2.27. The second kappa shape index (κ2) is 7.61. The van der Waals surface area contributed by atoms with Crippen LogP contribution in [0.3, 0.4) is 0 Å². The van der Waals surface area contributed by atoms with Crippen LogP contribution in [0, 0.1) is 0 Å². The van der Waals surface area contributed by atoms with Crippen molar-refractivity contribution < 1.29 is 9.47 Å². The minimum Gasteiger partial charge on any atom is -0.378 e. The van der Waals surface area contributed by atoms with Crippen molar-refractivity contribution in [2.45, 2.75) is 26.0 Å². The van der Waals surface area contributed by atoms with Gasteiger partial charge >= 0.3 is 0 Å². The van der Waals surface area contributed by atoms with Crippen molar-refractivity contribution in [2.24, 2.45) is 0 Å². The Hall–Kier alpha value is -2.71. The molecule has 5 rings (SSSR count). The van der Waals surface area contributed by atoms with Crippen LogP contribution in [0.5, 0.6) is 0 Å². The van der Waals surface area contributed by atoms with Gasteiger partial charge in [0, 0.05) is 25.7 Å². The van der Waals surface area contributed by atoms with Crippen LogP contribution in [0.1, 0.15) is 13.8 Å². The summed E-state index contributed by atoms with van der Waals surface area (Å²) in [4.78, 5) is 19.0. The van der Waals surface area contributed by atoms with Gasteiger partial charge in [0.05, 0.1) is 43.0 Å². The zero-order valence-electron chi connectivity index (χ0n) is 16.9. The SMILES string of the molecule is C[C@H]1OCCN(c2nc(N3CCOCC3)cc(-n3cnc4ccccc43)n2)[C@H]1C. The molecule has 8 nitrogen and oxygen atoms in total. The Labute approximate surface area is 170 Å². The number of fused-ring (bicyclic) bond motifs is 1. The number of anilines is 2. The van der Waals surface area contributed by atoms with E-state index >= 15 is 0 Å². The van der Waals surface area contributed by atoms with E-state index < -0.39 is 0 Å². The molecular weight excluding hydrogens is 368 g/mol. The summed E-state index contributed by atoms with van der Waals surface area (Å²) >= 11 is 0. The third-order valence-corrected chi connectivity index (χ3v) is 5.86. The average molecular weight is 394 g/mol. The minimum absolute atomic E-state index is 0.136. The first kappa shape index (κ1) is 18.3. The molecule has 2 aliphatic rings. The van der Waals surface area contributed by atoms with Crippen LogP contribution in [0.4, 0.5) is 11.8 Å². The zero-order valence-corrected chi connectivity index (χ0v) is 16.9. The van der Waals surface area contributed by atoms with Crippen LogP contribution in [-0.4, -0.2) is 71.1 Å². The minimum atomic E-state index is 0.136. The van der Waals surface area contributed by atoms with E-state index in [2.05, 4.69) is 40.8 Å². The van der Waals surface area contributed by atoms with E-state index in [1.165, 1.54) is 0 Å². The van der Waals surface area contributed by atoms with Gasteiger partial charge in [-0.05, 0) is 26.0 Å². The first-order valence-electron chi connectivity index (χ1n) is 10.2. The lowest BCUT2D eigenvalue weighted by molar-refractivity contribution is 0.0277. The van der Waals surface area contributed by atoms with Gasteiger partial charge in [-0.2, -0.15) is 9.97 Å². The Morgan fingerprint density at radius 3 is 2.62 bits per heavy atom. The van der Waals surface area contributed by atoms with Gasteiger partial charge < -0.3 is 19.3 Å². The first-order valence-corrected chi connectivity index (χ1v) is 10.2. The molecule has 8 heteroatoms. The number of morpholine rings is 2. The summed E-state index contributed by atoms with van der Waals surface area (Å²) < 4.78 is 13.4. The van der Waals surface area contributed by atoms with Crippen LogP contribution in [0.15, 0.2) is 36.7 Å². The summed E-state index contributed by atoms with van der Waals surface area (Å²) in [6, 6.07) is 10.4. The molecule has 4 heterocycles. The van der Waals surface area contributed by atoms with Crippen molar-refractivity contribution in [1.82, 2.24) is 19.5 Å².